The van der Waals surface area contributed by atoms with Gasteiger partial charge in [0, 0.05) is 37.7 Å². The maximum atomic E-state index is 13.1. The number of sulfonamides is 1. The fourth-order valence-electron chi connectivity index (χ4n) is 3.37. The molecule has 0 atom stereocenters. The van der Waals surface area contributed by atoms with E-state index in [1.165, 1.54) is 16.4 Å². The van der Waals surface area contributed by atoms with Gasteiger partial charge in [-0.25, -0.2) is 12.8 Å². The van der Waals surface area contributed by atoms with Gasteiger partial charge in [-0.15, -0.1) is 0 Å². The zero-order valence-electron chi connectivity index (χ0n) is 16.8. The molecule has 1 aliphatic heterocycles. The second-order valence-corrected chi connectivity index (χ2v) is 10.2. The summed E-state index contributed by atoms with van der Waals surface area (Å²) in [6, 6.07) is 12.7. The second-order valence-electron chi connectivity index (χ2n) is 7.36. The average molecular weight is 498 g/mol. The molecule has 0 radical (unpaired) electrons. The molecule has 2 aromatic rings. The van der Waals surface area contributed by atoms with E-state index in [4.69, 9.17) is 0 Å². The number of halogens is 2. The molecule has 0 N–H and O–H groups in total. The first-order valence-electron chi connectivity index (χ1n) is 9.72. The van der Waals surface area contributed by atoms with Crippen LogP contribution in [0.2, 0.25) is 0 Å². The fraction of sp³-hybridized carbons (Fsp3) is 0.381. The average Bonchev–Trinajstić information content (AvgIpc) is 2.96. The van der Waals surface area contributed by atoms with Gasteiger partial charge in [-0.2, -0.15) is 4.31 Å². The molecule has 0 bridgehead atoms. The molecule has 9 heteroatoms. The van der Waals surface area contributed by atoms with Gasteiger partial charge in [0.2, 0.25) is 15.9 Å². The highest BCUT2D eigenvalue weighted by Gasteiger charge is 2.27. The van der Waals surface area contributed by atoms with E-state index >= 15 is 0 Å². The van der Waals surface area contributed by atoms with Crippen molar-refractivity contribution in [1.29, 1.82) is 0 Å². The van der Waals surface area contributed by atoms with E-state index < -0.39 is 15.8 Å². The van der Waals surface area contributed by atoms with Gasteiger partial charge < -0.3 is 4.90 Å². The Labute approximate surface area is 185 Å². The molecule has 2 aromatic carbocycles. The summed E-state index contributed by atoms with van der Waals surface area (Å²) in [5.41, 5.74) is 1.04. The molecule has 1 aliphatic rings. The van der Waals surface area contributed by atoms with E-state index in [0.717, 1.165) is 22.2 Å². The van der Waals surface area contributed by atoms with Gasteiger partial charge >= 0.3 is 0 Å². The van der Waals surface area contributed by atoms with Crippen LogP contribution in [0, 0.1) is 5.82 Å². The molecular formula is C21H25BrFN3O3S. The summed E-state index contributed by atoms with van der Waals surface area (Å²) in [5, 5.41) is 0. The smallest absolute Gasteiger partial charge is 0.243 e. The lowest BCUT2D eigenvalue weighted by molar-refractivity contribution is -0.131. The largest absolute Gasteiger partial charge is 0.340 e. The molecule has 0 aliphatic carbocycles. The van der Waals surface area contributed by atoms with Crippen molar-refractivity contribution in [2.45, 2.75) is 17.9 Å². The molecule has 6 nitrogen and oxygen atoms in total. The van der Waals surface area contributed by atoms with Crippen LogP contribution in [0.3, 0.4) is 0 Å². The van der Waals surface area contributed by atoms with Crippen LogP contribution in [0.1, 0.15) is 12.0 Å². The van der Waals surface area contributed by atoms with Crippen molar-refractivity contribution >= 4 is 31.9 Å². The molecule has 162 valence electrons. The summed E-state index contributed by atoms with van der Waals surface area (Å²) in [7, 11) is -1.90. The molecular weight excluding hydrogens is 473 g/mol. The fourth-order valence-corrected chi connectivity index (χ4v) is 5.10. The molecule has 0 saturated carbocycles. The number of hydrogen-bond acceptors (Lipinski definition) is 4. The number of hydrogen-bond donors (Lipinski definition) is 0. The predicted octanol–water partition coefficient (Wildman–Crippen LogP) is 2.94. The molecule has 1 fully saturated rings. The first-order chi connectivity index (χ1) is 14.3. The van der Waals surface area contributed by atoms with Crippen LogP contribution in [0.25, 0.3) is 0 Å². The lowest BCUT2D eigenvalue weighted by atomic mass is 10.2. The highest BCUT2D eigenvalue weighted by molar-refractivity contribution is 9.10. The van der Waals surface area contributed by atoms with Gasteiger partial charge in [0.05, 0.1) is 11.4 Å². The SMILES string of the molecule is CN(Cc1ccc(Br)cc1)C(=O)CN1CCCN(S(=O)(=O)c2ccc(F)cc2)CC1. The van der Waals surface area contributed by atoms with E-state index in [-0.39, 0.29) is 17.3 Å². The zero-order chi connectivity index (χ0) is 21.7. The third-order valence-electron chi connectivity index (χ3n) is 5.12. The van der Waals surface area contributed by atoms with Crippen molar-refractivity contribution in [3.8, 4) is 0 Å². The van der Waals surface area contributed by atoms with Crippen LogP contribution in [0.5, 0.6) is 0 Å². The number of rotatable bonds is 6. The molecule has 0 unspecified atom stereocenters. The van der Waals surface area contributed by atoms with Crippen molar-refractivity contribution in [2.24, 2.45) is 0 Å². The van der Waals surface area contributed by atoms with Crippen molar-refractivity contribution in [1.82, 2.24) is 14.1 Å². The number of carbonyl (C=O) groups is 1. The van der Waals surface area contributed by atoms with Crippen LogP contribution in [-0.2, 0) is 21.4 Å². The second kappa shape index (κ2) is 10.00. The van der Waals surface area contributed by atoms with E-state index in [9.17, 15) is 17.6 Å². The summed E-state index contributed by atoms with van der Waals surface area (Å²) in [6.07, 6.45) is 0.629. The van der Waals surface area contributed by atoms with Crippen molar-refractivity contribution in [3.63, 3.8) is 0 Å². The number of amides is 1. The summed E-state index contributed by atoms with van der Waals surface area (Å²) >= 11 is 3.40. The Bertz CT molecular complexity index is 968. The number of benzene rings is 2. The molecule has 1 saturated heterocycles. The third-order valence-corrected chi connectivity index (χ3v) is 7.56. The molecule has 0 spiro atoms. The Balaban J connectivity index is 1.56. The summed E-state index contributed by atoms with van der Waals surface area (Å²) in [4.78, 5) is 16.4. The third kappa shape index (κ3) is 5.87. The van der Waals surface area contributed by atoms with Gasteiger partial charge in [-0.3, -0.25) is 9.69 Å². The van der Waals surface area contributed by atoms with E-state index in [0.29, 0.717) is 39.1 Å². The highest BCUT2D eigenvalue weighted by Crippen LogP contribution is 2.18. The Morgan fingerprint density at radius 1 is 1.03 bits per heavy atom. The Morgan fingerprint density at radius 3 is 2.37 bits per heavy atom. The number of carbonyl (C=O) groups excluding carboxylic acids is 1. The molecule has 0 aromatic heterocycles. The van der Waals surface area contributed by atoms with Gasteiger partial charge in [0.15, 0.2) is 0 Å². The summed E-state index contributed by atoms with van der Waals surface area (Å²) in [6.45, 7) is 2.55. The maximum absolute atomic E-state index is 13.1. The summed E-state index contributed by atoms with van der Waals surface area (Å²) < 4.78 is 41.2. The molecule has 30 heavy (non-hydrogen) atoms. The van der Waals surface area contributed by atoms with E-state index in [1.807, 2.05) is 29.2 Å². The minimum atomic E-state index is -3.67. The minimum absolute atomic E-state index is 0.00670. The van der Waals surface area contributed by atoms with Crippen molar-refractivity contribution in [3.05, 3.63) is 64.4 Å². The maximum Gasteiger partial charge on any atom is 0.243 e. The zero-order valence-corrected chi connectivity index (χ0v) is 19.2. The lowest BCUT2D eigenvalue weighted by Crippen LogP contribution is -2.40. The predicted molar refractivity (Wildman–Crippen MR) is 117 cm³/mol. The molecule has 1 heterocycles. The molecule has 1 amide bonds. The lowest BCUT2D eigenvalue weighted by Gasteiger charge is -2.24. The Morgan fingerprint density at radius 2 is 1.70 bits per heavy atom. The van der Waals surface area contributed by atoms with Crippen LogP contribution in [0.4, 0.5) is 4.39 Å². The quantitative estimate of drug-likeness (QED) is 0.615. The number of likely N-dealkylation sites (N-methyl/N-ethyl adjacent to an activating group) is 1. The minimum Gasteiger partial charge on any atom is -0.340 e. The van der Waals surface area contributed by atoms with Gasteiger partial charge in [-0.1, -0.05) is 28.1 Å². The van der Waals surface area contributed by atoms with Crippen LogP contribution in [-0.4, -0.2) is 68.2 Å². The van der Waals surface area contributed by atoms with Crippen LogP contribution >= 0.6 is 15.9 Å². The normalized spacial score (nSPS) is 16.2. The van der Waals surface area contributed by atoms with E-state index in [2.05, 4.69) is 15.9 Å². The molecule has 3 rings (SSSR count). The standard InChI is InChI=1S/C21H25BrFN3O3S/c1-24(15-17-3-5-18(22)6-4-17)21(27)16-25-11-2-12-26(14-13-25)30(28,29)20-9-7-19(23)8-10-20/h3-10H,2,11-16H2,1H3. The summed E-state index contributed by atoms with van der Waals surface area (Å²) in [5.74, 6) is -0.477. The van der Waals surface area contributed by atoms with Gasteiger partial charge in [0.25, 0.3) is 0 Å². The highest BCUT2D eigenvalue weighted by atomic mass is 79.9. The van der Waals surface area contributed by atoms with Gasteiger partial charge in [0.1, 0.15) is 5.82 Å². The van der Waals surface area contributed by atoms with Gasteiger partial charge in [-0.05, 0) is 54.9 Å². The van der Waals surface area contributed by atoms with Crippen molar-refractivity contribution in [2.75, 3.05) is 39.8 Å². The van der Waals surface area contributed by atoms with Crippen LogP contribution < -0.4 is 0 Å². The van der Waals surface area contributed by atoms with E-state index in [1.54, 1.807) is 11.9 Å². The Hall–Kier alpha value is -1.81. The Kier molecular flexibility index (Phi) is 7.62. The van der Waals surface area contributed by atoms with Crippen LogP contribution in [0.15, 0.2) is 57.9 Å². The monoisotopic (exact) mass is 497 g/mol. The number of nitrogens with zero attached hydrogens (tertiary/aromatic N) is 3. The first kappa shape index (κ1) is 22.9. The topological polar surface area (TPSA) is 60.9 Å². The first-order valence-corrected chi connectivity index (χ1v) is 12.0. The van der Waals surface area contributed by atoms with Crippen molar-refractivity contribution < 1.29 is 17.6 Å².